The van der Waals surface area contributed by atoms with Gasteiger partial charge in [-0.3, -0.25) is 4.79 Å². The summed E-state index contributed by atoms with van der Waals surface area (Å²) in [6.07, 6.45) is 8.34. The van der Waals surface area contributed by atoms with E-state index in [4.69, 9.17) is 0 Å². The van der Waals surface area contributed by atoms with Crippen LogP contribution in [-0.4, -0.2) is 69.8 Å². The van der Waals surface area contributed by atoms with Gasteiger partial charge >= 0.3 is 0 Å². The maximum atomic E-state index is 13.0. The van der Waals surface area contributed by atoms with Crippen LogP contribution in [0.15, 0.2) is 42.9 Å². The monoisotopic (exact) mass is 419 g/mol. The van der Waals surface area contributed by atoms with Crippen molar-refractivity contribution in [2.75, 3.05) is 49.1 Å². The van der Waals surface area contributed by atoms with Crippen LogP contribution in [0.5, 0.6) is 0 Å². The highest BCUT2D eigenvalue weighted by Crippen LogP contribution is 2.25. The third kappa shape index (κ3) is 4.19. The van der Waals surface area contributed by atoms with Gasteiger partial charge in [-0.1, -0.05) is 31.0 Å². The van der Waals surface area contributed by atoms with Gasteiger partial charge in [-0.25, -0.2) is 14.6 Å². The molecule has 2 aliphatic rings. The summed E-state index contributed by atoms with van der Waals surface area (Å²) in [6.45, 7) is 5.38. The number of carbonyl (C=O) groups is 1. The fourth-order valence-electron chi connectivity index (χ4n) is 4.61. The summed E-state index contributed by atoms with van der Waals surface area (Å²) in [6, 6.07) is 10.4. The first-order valence-electron chi connectivity index (χ1n) is 11.3. The summed E-state index contributed by atoms with van der Waals surface area (Å²) in [5, 5.41) is 5.44. The van der Waals surface area contributed by atoms with E-state index in [9.17, 15) is 4.79 Å². The van der Waals surface area contributed by atoms with Gasteiger partial charge in [0.1, 0.15) is 18.7 Å². The van der Waals surface area contributed by atoms with Gasteiger partial charge in [-0.15, -0.1) is 0 Å². The van der Waals surface area contributed by atoms with Crippen LogP contribution in [0.3, 0.4) is 0 Å². The first kappa shape index (κ1) is 19.8. The molecule has 0 spiro atoms. The molecule has 0 atom stereocenters. The lowest BCUT2D eigenvalue weighted by Gasteiger charge is -2.36. The second-order valence-corrected chi connectivity index (χ2v) is 8.34. The summed E-state index contributed by atoms with van der Waals surface area (Å²) in [4.78, 5) is 28.6. The minimum absolute atomic E-state index is 0.0904. The molecular formula is C23H29N7O. The Kier molecular flexibility index (Phi) is 5.69. The van der Waals surface area contributed by atoms with Crippen LogP contribution in [0.1, 0.15) is 25.7 Å². The van der Waals surface area contributed by atoms with Gasteiger partial charge in [0.2, 0.25) is 5.91 Å². The number of fused-ring (bicyclic) bond motifs is 1. The van der Waals surface area contributed by atoms with E-state index >= 15 is 0 Å². The number of amides is 1. The van der Waals surface area contributed by atoms with Crippen LogP contribution in [0.4, 0.5) is 11.5 Å². The van der Waals surface area contributed by atoms with Gasteiger partial charge in [-0.05, 0) is 25.0 Å². The second kappa shape index (κ2) is 8.91. The third-order valence-corrected chi connectivity index (χ3v) is 6.36. The molecule has 5 rings (SSSR count). The van der Waals surface area contributed by atoms with Crippen molar-refractivity contribution in [2.24, 2.45) is 0 Å². The van der Waals surface area contributed by atoms with E-state index < -0.39 is 0 Å². The first-order valence-corrected chi connectivity index (χ1v) is 11.3. The lowest BCUT2D eigenvalue weighted by Crippen LogP contribution is -2.49. The molecule has 0 bridgehead atoms. The highest BCUT2D eigenvalue weighted by atomic mass is 16.2. The van der Waals surface area contributed by atoms with Gasteiger partial charge in [-0.2, -0.15) is 5.10 Å². The van der Waals surface area contributed by atoms with Crippen molar-refractivity contribution in [1.29, 1.82) is 0 Å². The number of hydrogen-bond acceptors (Lipinski definition) is 6. The number of piperazine rings is 1. The molecule has 2 fully saturated rings. The number of carbonyl (C=O) groups excluding carboxylic acids is 1. The normalized spacial score (nSPS) is 17.7. The second-order valence-electron chi connectivity index (χ2n) is 8.34. The molecule has 0 aliphatic carbocycles. The number of rotatable bonds is 4. The number of para-hydroxylation sites is 1. The molecule has 2 aromatic heterocycles. The van der Waals surface area contributed by atoms with E-state index in [1.54, 1.807) is 11.0 Å². The van der Waals surface area contributed by atoms with Crippen molar-refractivity contribution in [3.8, 4) is 0 Å². The number of hydrogen-bond donors (Lipinski definition) is 0. The zero-order chi connectivity index (χ0) is 21.0. The number of anilines is 2. The van der Waals surface area contributed by atoms with E-state index in [1.165, 1.54) is 31.4 Å². The molecule has 8 heteroatoms. The Bertz CT molecular complexity index is 1020. The van der Waals surface area contributed by atoms with Crippen LogP contribution in [-0.2, 0) is 11.3 Å². The molecule has 162 valence electrons. The highest BCUT2D eigenvalue weighted by molar-refractivity contribution is 5.88. The van der Waals surface area contributed by atoms with Gasteiger partial charge in [0, 0.05) is 45.0 Å². The minimum atomic E-state index is 0.0904. The Labute approximate surface area is 182 Å². The topological polar surface area (TPSA) is 70.4 Å². The third-order valence-electron chi connectivity index (χ3n) is 6.36. The Hall–Kier alpha value is -3.16. The number of aromatic nitrogens is 4. The molecule has 0 unspecified atom stereocenters. The Balaban J connectivity index is 1.26. The molecule has 1 amide bonds. The zero-order valence-electron chi connectivity index (χ0n) is 17.9. The Morgan fingerprint density at radius 3 is 2.32 bits per heavy atom. The van der Waals surface area contributed by atoms with Crippen molar-refractivity contribution < 1.29 is 4.79 Å². The van der Waals surface area contributed by atoms with E-state index in [0.717, 1.165) is 56.1 Å². The van der Waals surface area contributed by atoms with Crippen LogP contribution < -0.4 is 9.80 Å². The molecule has 1 aromatic carbocycles. The number of benzene rings is 1. The highest BCUT2D eigenvalue weighted by Gasteiger charge is 2.23. The van der Waals surface area contributed by atoms with Crippen LogP contribution in [0, 0.1) is 0 Å². The largest absolute Gasteiger partial charge is 0.368 e. The maximum absolute atomic E-state index is 13.0. The summed E-state index contributed by atoms with van der Waals surface area (Å²) >= 11 is 0. The quantitative estimate of drug-likeness (QED) is 0.647. The molecule has 4 heterocycles. The summed E-state index contributed by atoms with van der Waals surface area (Å²) in [7, 11) is 0. The fourth-order valence-corrected chi connectivity index (χ4v) is 4.61. The molecule has 0 saturated carbocycles. The molecule has 0 N–H and O–H groups in total. The van der Waals surface area contributed by atoms with Crippen molar-refractivity contribution in [2.45, 2.75) is 32.2 Å². The Morgan fingerprint density at radius 1 is 0.839 bits per heavy atom. The standard InChI is InChI=1S/C23H29N7O/c31-21(28-14-12-27(13-15-28)19-8-4-3-5-9-19)17-30-23-20(16-26-30)22(24-18-25-23)29-10-6-1-2-7-11-29/h3-5,8-9,16,18H,1-2,6-7,10-15,17H2. The Morgan fingerprint density at radius 2 is 1.58 bits per heavy atom. The molecular weight excluding hydrogens is 390 g/mol. The minimum Gasteiger partial charge on any atom is -0.368 e. The number of nitrogens with zero attached hydrogens (tertiary/aromatic N) is 7. The van der Waals surface area contributed by atoms with Gasteiger partial charge in [0.05, 0.1) is 11.6 Å². The molecule has 0 radical (unpaired) electrons. The predicted octanol–water partition coefficient (Wildman–Crippen LogP) is 2.56. The van der Waals surface area contributed by atoms with Crippen molar-refractivity contribution >= 4 is 28.4 Å². The average molecular weight is 420 g/mol. The van der Waals surface area contributed by atoms with Crippen LogP contribution in [0.25, 0.3) is 11.0 Å². The van der Waals surface area contributed by atoms with Gasteiger partial charge < -0.3 is 14.7 Å². The van der Waals surface area contributed by atoms with Crippen molar-refractivity contribution in [1.82, 2.24) is 24.6 Å². The molecule has 8 nitrogen and oxygen atoms in total. The van der Waals surface area contributed by atoms with E-state index in [0.29, 0.717) is 0 Å². The van der Waals surface area contributed by atoms with E-state index in [1.807, 2.05) is 17.2 Å². The van der Waals surface area contributed by atoms with Crippen LogP contribution >= 0.6 is 0 Å². The molecule has 31 heavy (non-hydrogen) atoms. The van der Waals surface area contributed by atoms with Gasteiger partial charge in [0.25, 0.3) is 0 Å². The lowest BCUT2D eigenvalue weighted by molar-refractivity contribution is -0.132. The smallest absolute Gasteiger partial charge is 0.244 e. The summed E-state index contributed by atoms with van der Waals surface area (Å²) < 4.78 is 1.73. The summed E-state index contributed by atoms with van der Waals surface area (Å²) in [5.74, 6) is 1.04. The fraction of sp³-hybridized carbons (Fsp3) is 0.478. The molecule has 3 aromatic rings. The first-order chi connectivity index (χ1) is 15.3. The van der Waals surface area contributed by atoms with Gasteiger partial charge in [0.15, 0.2) is 5.65 Å². The van der Waals surface area contributed by atoms with Crippen LogP contribution in [0.2, 0.25) is 0 Å². The molecule has 2 saturated heterocycles. The SMILES string of the molecule is O=C(Cn1ncc2c(N3CCCCCC3)ncnc21)N1CCN(c2ccccc2)CC1. The lowest BCUT2D eigenvalue weighted by atomic mass is 10.2. The molecule has 2 aliphatic heterocycles. The van der Waals surface area contributed by atoms with Crippen molar-refractivity contribution in [3.63, 3.8) is 0 Å². The summed E-state index contributed by atoms with van der Waals surface area (Å²) in [5.41, 5.74) is 1.95. The average Bonchev–Trinajstić information content (AvgIpc) is 3.04. The van der Waals surface area contributed by atoms with E-state index in [2.05, 4.69) is 49.1 Å². The van der Waals surface area contributed by atoms with E-state index in [-0.39, 0.29) is 12.5 Å². The predicted molar refractivity (Wildman–Crippen MR) is 121 cm³/mol. The zero-order valence-corrected chi connectivity index (χ0v) is 17.9. The maximum Gasteiger partial charge on any atom is 0.244 e. The van der Waals surface area contributed by atoms with Crippen molar-refractivity contribution in [3.05, 3.63) is 42.9 Å².